The molecule has 164 valence electrons. The summed E-state index contributed by atoms with van der Waals surface area (Å²) in [7, 11) is 0. The van der Waals surface area contributed by atoms with Crippen molar-refractivity contribution < 1.29 is 37.1 Å². The van der Waals surface area contributed by atoms with Gasteiger partial charge in [0, 0.05) is 32.3 Å². The topological polar surface area (TPSA) is 97.9 Å². The van der Waals surface area contributed by atoms with Crippen LogP contribution in [0.4, 0.5) is 13.2 Å². The first-order valence-electron chi connectivity index (χ1n) is 9.81. The van der Waals surface area contributed by atoms with E-state index in [9.17, 15) is 13.2 Å². The lowest BCUT2D eigenvalue weighted by Gasteiger charge is -2.36. The molecule has 1 aromatic heterocycles. The summed E-state index contributed by atoms with van der Waals surface area (Å²) < 4.78 is 48.8. The standard InChI is InChI=1S/C16H25N3O3.C2HF3O2/c1-11-17-16(22-18-11)15-3-2-13-14(21-15)4-7-19(13)10-12-5-8-20-9-6-12;3-2(4,5)1(6)7/h12-15H,2-10H2,1H3;(H,6,7)/t13-,14-,15-;/m1./s1. The quantitative estimate of drug-likeness (QED) is 0.796. The number of carboxylic acids is 1. The zero-order valence-corrected chi connectivity index (χ0v) is 16.2. The number of aryl methyl sites for hydroxylation is 1. The number of carboxylic acid groups (broad SMARTS) is 1. The van der Waals surface area contributed by atoms with Crippen LogP contribution in [-0.2, 0) is 14.3 Å². The molecule has 29 heavy (non-hydrogen) atoms. The molecule has 0 aliphatic carbocycles. The van der Waals surface area contributed by atoms with Crippen molar-refractivity contribution in [1.29, 1.82) is 0 Å². The first kappa shape index (κ1) is 22.0. The van der Waals surface area contributed by atoms with Gasteiger partial charge in [-0.15, -0.1) is 0 Å². The van der Waals surface area contributed by atoms with Gasteiger partial charge in [-0.1, -0.05) is 5.16 Å². The predicted molar refractivity (Wildman–Crippen MR) is 93.1 cm³/mol. The van der Waals surface area contributed by atoms with Gasteiger partial charge in [-0.3, -0.25) is 4.90 Å². The zero-order valence-electron chi connectivity index (χ0n) is 16.2. The fourth-order valence-corrected chi connectivity index (χ4v) is 4.13. The Balaban J connectivity index is 0.000000298. The van der Waals surface area contributed by atoms with Gasteiger partial charge in [0.25, 0.3) is 5.89 Å². The zero-order chi connectivity index (χ0) is 21.0. The minimum absolute atomic E-state index is 0.00881. The van der Waals surface area contributed by atoms with E-state index in [2.05, 4.69) is 15.0 Å². The van der Waals surface area contributed by atoms with E-state index in [0.29, 0.717) is 23.9 Å². The summed E-state index contributed by atoms with van der Waals surface area (Å²) in [5.74, 6) is -0.622. The van der Waals surface area contributed by atoms with Gasteiger partial charge in [0.15, 0.2) is 5.82 Å². The first-order chi connectivity index (χ1) is 13.7. The van der Waals surface area contributed by atoms with Gasteiger partial charge >= 0.3 is 12.1 Å². The van der Waals surface area contributed by atoms with Crippen molar-refractivity contribution in [3.05, 3.63) is 11.7 Å². The molecule has 8 nitrogen and oxygen atoms in total. The Bertz CT molecular complexity index is 678. The number of ether oxygens (including phenoxy) is 2. The van der Waals surface area contributed by atoms with Crippen molar-refractivity contribution in [2.45, 2.75) is 63.5 Å². The lowest BCUT2D eigenvalue weighted by molar-refractivity contribution is -0.192. The van der Waals surface area contributed by atoms with E-state index in [4.69, 9.17) is 23.9 Å². The first-order valence-corrected chi connectivity index (χ1v) is 9.81. The van der Waals surface area contributed by atoms with Crippen molar-refractivity contribution >= 4 is 5.97 Å². The molecule has 3 aliphatic rings. The molecule has 3 saturated heterocycles. The van der Waals surface area contributed by atoms with Crippen molar-refractivity contribution in [3.8, 4) is 0 Å². The highest BCUT2D eigenvalue weighted by Gasteiger charge is 2.42. The lowest BCUT2D eigenvalue weighted by atomic mass is 9.96. The minimum Gasteiger partial charge on any atom is -0.475 e. The maximum Gasteiger partial charge on any atom is 0.490 e. The van der Waals surface area contributed by atoms with Gasteiger partial charge in [-0.05, 0) is 44.9 Å². The minimum atomic E-state index is -5.08. The number of aliphatic carboxylic acids is 1. The number of hydrogen-bond acceptors (Lipinski definition) is 7. The summed E-state index contributed by atoms with van der Waals surface area (Å²) in [5, 5.41) is 11.0. The van der Waals surface area contributed by atoms with Crippen LogP contribution < -0.4 is 0 Å². The molecule has 3 aliphatic heterocycles. The summed E-state index contributed by atoms with van der Waals surface area (Å²) >= 11 is 0. The van der Waals surface area contributed by atoms with Gasteiger partial charge in [-0.25, -0.2) is 4.79 Å². The Kier molecular flexibility index (Phi) is 7.12. The second kappa shape index (κ2) is 9.40. The van der Waals surface area contributed by atoms with Crippen LogP contribution in [0.2, 0.25) is 0 Å². The van der Waals surface area contributed by atoms with Crippen LogP contribution in [0, 0.1) is 12.8 Å². The third-order valence-corrected chi connectivity index (χ3v) is 5.56. The molecule has 0 saturated carbocycles. The molecule has 3 fully saturated rings. The monoisotopic (exact) mass is 421 g/mol. The predicted octanol–water partition coefficient (Wildman–Crippen LogP) is 2.73. The largest absolute Gasteiger partial charge is 0.490 e. The van der Waals surface area contributed by atoms with Crippen LogP contribution in [0.15, 0.2) is 4.52 Å². The number of hydrogen-bond donors (Lipinski definition) is 1. The molecule has 0 aromatic carbocycles. The molecule has 0 amide bonds. The summed E-state index contributed by atoms with van der Waals surface area (Å²) in [6.45, 7) is 6.08. The van der Waals surface area contributed by atoms with Crippen LogP contribution in [-0.4, -0.2) is 70.7 Å². The van der Waals surface area contributed by atoms with Crippen LogP contribution in [0.3, 0.4) is 0 Å². The molecule has 0 unspecified atom stereocenters. The molecule has 0 bridgehead atoms. The smallest absolute Gasteiger partial charge is 0.475 e. The molecule has 4 rings (SSSR count). The van der Waals surface area contributed by atoms with E-state index in [-0.39, 0.29) is 6.10 Å². The number of alkyl halides is 3. The average molecular weight is 421 g/mol. The average Bonchev–Trinajstić information content (AvgIpc) is 3.28. The maximum atomic E-state index is 10.6. The molecular weight excluding hydrogens is 395 g/mol. The number of rotatable bonds is 3. The number of carbonyl (C=O) groups is 1. The highest BCUT2D eigenvalue weighted by molar-refractivity contribution is 5.73. The molecule has 11 heteroatoms. The van der Waals surface area contributed by atoms with E-state index in [1.807, 2.05) is 6.92 Å². The number of nitrogens with zero attached hydrogens (tertiary/aromatic N) is 3. The van der Waals surface area contributed by atoms with Gasteiger partial charge in [0.1, 0.15) is 6.10 Å². The maximum absolute atomic E-state index is 10.6. The molecule has 0 spiro atoms. The van der Waals surface area contributed by atoms with Crippen molar-refractivity contribution in [3.63, 3.8) is 0 Å². The summed E-state index contributed by atoms with van der Waals surface area (Å²) in [6, 6.07) is 0.572. The number of aromatic nitrogens is 2. The van der Waals surface area contributed by atoms with Crippen molar-refractivity contribution in [2.75, 3.05) is 26.3 Å². The molecular formula is C18H26F3N3O5. The van der Waals surface area contributed by atoms with E-state index in [0.717, 1.165) is 38.5 Å². The van der Waals surface area contributed by atoms with Crippen LogP contribution in [0.25, 0.3) is 0 Å². The van der Waals surface area contributed by atoms with E-state index in [1.165, 1.54) is 25.8 Å². The normalized spacial score (nSPS) is 28.5. The summed E-state index contributed by atoms with van der Waals surface area (Å²) in [4.78, 5) is 15.9. The lowest BCUT2D eigenvalue weighted by Crippen LogP contribution is -2.43. The van der Waals surface area contributed by atoms with E-state index in [1.54, 1.807) is 0 Å². The van der Waals surface area contributed by atoms with Crippen LogP contribution in [0.1, 0.15) is 49.9 Å². The third-order valence-electron chi connectivity index (χ3n) is 5.56. The highest BCUT2D eigenvalue weighted by Crippen LogP contribution is 2.38. The van der Waals surface area contributed by atoms with E-state index >= 15 is 0 Å². The Labute approximate surface area is 166 Å². The van der Waals surface area contributed by atoms with Crippen molar-refractivity contribution in [2.24, 2.45) is 5.92 Å². The number of likely N-dealkylation sites (tertiary alicyclic amines) is 1. The highest BCUT2D eigenvalue weighted by atomic mass is 19.4. The Hall–Kier alpha value is -1.72. The summed E-state index contributed by atoms with van der Waals surface area (Å²) in [6.07, 6.45) is 0.915. The molecule has 3 atom stereocenters. The SMILES string of the molecule is Cc1noc([C@H]2CC[C@@H]3[C@@H](CCN3CC3CCOCC3)O2)n1.O=C(O)C(F)(F)F. The van der Waals surface area contributed by atoms with E-state index < -0.39 is 12.1 Å². The van der Waals surface area contributed by atoms with Crippen LogP contribution in [0.5, 0.6) is 0 Å². The van der Waals surface area contributed by atoms with Gasteiger partial charge in [-0.2, -0.15) is 18.2 Å². The molecule has 1 aromatic rings. The Morgan fingerprint density at radius 2 is 1.90 bits per heavy atom. The third kappa shape index (κ3) is 5.89. The molecule has 4 heterocycles. The summed E-state index contributed by atoms with van der Waals surface area (Å²) in [5.41, 5.74) is 0. The number of fused-ring (bicyclic) bond motifs is 1. The fourth-order valence-electron chi connectivity index (χ4n) is 4.13. The Morgan fingerprint density at radius 1 is 1.21 bits per heavy atom. The van der Waals surface area contributed by atoms with Crippen molar-refractivity contribution in [1.82, 2.24) is 15.0 Å². The van der Waals surface area contributed by atoms with Gasteiger partial charge in [0.05, 0.1) is 6.10 Å². The van der Waals surface area contributed by atoms with Gasteiger partial charge in [0.2, 0.25) is 0 Å². The fraction of sp³-hybridized carbons (Fsp3) is 0.833. The second-order valence-corrected chi connectivity index (χ2v) is 7.63. The van der Waals surface area contributed by atoms with Gasteiger partial charge < -0.3 is 19.1 Å². The second-order valence-electron chi connectivity index (χ2n) is 7.63. The Morgan fingerprint density at radius 3 is 2.48 bits per heavy atom. The number of halogens is 3. The molecule has 0 radical (unpaired) electrons. The van der Waals surface area contributed by atoms with Crippen LogP contribution >= 0.6 is 0 Å². The molecule has 1 N–H and O–H groups in total.